The lowest BCUT2D eigenvalue weighted by atomic mass is 10.2. The molecule has 3 heterocycles. The maximum absolute atomic E-state index is 13.4. The highest BCUT2D eigenvalue weighted by atomic mass is 19.1. The van der Waals surface area contributed by atoms with Gasteiger partial charge in [0.2, 0.25) is 0 Å². The lowest BCUT2D eigenvalue weighted by Gasteiger charge is -2.15. The first-order valence-corrected chi connectivity index (χ1v) is 9.53. The minimum atomic E-state index is -0.373. The minimum Gasteiger partial charge on any atom is -0.423 e. The third-order valence-electron chi connectivity index (χ3n) is 5.13. The number of hydrogen-bond donors (Lipinski definition) is 0. The molecule has 0 spiro atoms. The Bertz CT molecular complexity index is 1430. The van der Waals surface area contributed by atoms with Crippen LogP contribution in [0.4, 0.5) is 16.1 Å². The first-order chi connectivity index (χ1) is 14.6. The van der Waals surface area contributed by atoms with Gasteiger partial charge in [-0.1, -0.05) is 0 Å². The van der Waals surface area contributed by atoms with Gasteiger partial charge in [0.05, 0.1) is 11.2 Å². The highest BCUT2D eigenvalue weighted by molar-refractivity contribution is 5.76. The molecule has 2 aromatic carbocycles. The van der Waals surface area contributed by atoms with Crippen molar-refractivity contribution in [1.82, 2.24) is 19.1 Å². The van der Waals surface area contributed by atoms with Gasteiger partial charge < -0.3 is 4.42 Å². The Labute approximate surface area is 170 Å². The van der Waals surface area contributed by atoms with E-state index < -0.39 is 0 Å². The summed E-state index contributed by atoms with van der Waals surface area (Å²) in [5.74, 6) is -0.373. The molecule has 0 fully saturated rings. The second kappa shape index (κ2) is 6.84. The van der Waals surface area contributed by atoms with Crippen LogP contribution in [0.25, 0.3) is 28.0 Å². The molecule has 0 saturated carbocycles. The Morgan fingerprint density at radius 3 is 2.70 bits per heavy atom. The SMILES string of the molecule is CCn1c(=O)n(-c2ccc(N(C)c3nc4ccc(F)cc4o3)cc2)c2ncccc21. The fraction of sp³-hybridized carbons (Fsp3) is 0.136. The zero-order valence-corrected chi connectivity index (χ0v) is 16.4. The third-order valence-corrected chi connectivity index (χ3v) is 5.13. The van der Waals surface area contributed by atoms with Crippen molar-refractivity contribution in [2.45, 2.75) is 13.5 Å². The molecule has 30 heavy (non-hydrogen) atoms. The predicted octanol–water partition coefficient (Wildman–Crippen LogP) is 4.26. The Morgan fingerprint density at radius 1 is 1.13 bits per heavy atom. The number of oxazole rings is 1. The first-order valence-electron chi connectivity index (χ1n) is 9.53. The molecule has 0 aliphatic carbocycles. The summed E-state index contributed by atoms with van der Waals surface area (Å²) >= 11 is 0. The molecular weight excluding hydrogens is 385 g/mol. The fourth-order valence-electron chi connectivity index (χ4n) is 3.59. The first kappa shape index (κ1) is 18.1. The monoisotopic (exact) mass is 403 g/mol. The number of fused-ring (bicyclic) bond motifs is 2. The quantitative estimate of drug-likeness (QED) is 0.449. The number of nitrogens with zero attached hydrogens (tertiary/aromatic N) is 5. The Kier molecular flexibility index (Phi) is 4.13. The average Bonchev–Trinajstić information content (AvgIpc) is 3.30. The minimum absolute atomic E-state index is 0.131. The summed E-state index contributed by atoms with van der Waals surface area (Å²) in [6.45, 7) is 2.50. The van der Waals surface area contributed by atoms with Crippen LogP contribution in [-0.4, -0.2) is 26.1 Å². The predicted molar refractivity (Wildman–Crippen MR) is 113 cm³/mol. The molecular formula is C22H18FN5O2. The van der Waals surface area contributed by atoms with Crippen molar-refractivity contribution in [1.29, 1.82) is 0 Å². The Morgan fingerprint density at radius 2 is 1.93 bits per heavy atom. The maximum atomic E-state index is 13.4. The van der Waals surface area contributed by atoms with Gasteiger partial charge in [0, 0.05) is 31.5 Å². The highest BCUT2D eigenvalue weighted by Crippen LogP contribution is 2.28. The second-order valence-electron chi connectivity index (χ2n) is 6.89. The maximum Gasteiger partial charge on any atom is 0.334 e. The number of halogens is 1. The molecule has 5 rings (SSSR count). The number of aromatic nitrogens is 4. The molecule has 3 aromatic heterocycles. The number of imidazole rings is 1. The van der Waals surface area contributed by atoms with Gasteiger partial charge in [0.1, 0.15) is 11.3 Å². The number of pyridine rings is 1. The van der Waals surface area contributed by atoms with Crippen LogP contribution in [0.2, 0.25) is 0 Å². The molecule has 0 aliphatic heterocycles. The summed E-state index contributed by atoms with van der Waals surface area (Å²) in [6.07, 6.45) is 1.68. The zero-order chi connectivity index (χ0) is 20.8. The van der Waals surface area contributed by atoms with Gasteiger partial charge in [0.25, 0.3) is 0 Å². The van der Waals surface area contributed by atoms with Crippen molar-refractivity contribution < 1.29 is 8.81 Å². The van der Waals surface area contributed by atoms with E-state index in [-0.39, 0.29) is 11.5 Å². The lowest BCUT2D eigenvalue weighted by molar-refractivity contribution is 0.592. The standard InChI is InChI=1S/C22H18FN5O2/c1-3-27-18-5-4-12-24-20(18)28(22(27)29)16-9-7-15(8-10-16)26(2)21-25-17-11-6-14(23)13-19(17)30-21/h4-13H,3H2,1-2H3. The molecule has 0 bridgehead atoms. The molecule has 0 atom stereocenters. The number of rotatable bonds is 4. The van der Waals surface area contributed by atoms with E-state index in [1.54, 1.807) is 26.3 Å². The van der Waals surface area contributed by atoms with Crippen LogP contribution < -0.4 is 10.6 Å². The zero-order valence-electron chi connectivity index (χ0n) is 16.4. The largest absolute Gasteiger partial charge is 0.423 e. The van der Waals surface area contributed by atoms with Crippen molar-refractivity contribution >= 4 is 34.0 Å². The van der Waals surface area contributed by atoms with Crippen LogP contribution in [0.3, 0.4) is 0 Å². The molecule has 0 unspecified atom stereocenters. The van der Waals surface area contributed by atoms with E-state index in [0.717, 1.165) is 11.2 Å². The molecule has 0 saturated heterocycles. The summed E-state index contributed by atoms with van der Waals surface area (Å²) in [5.41, 5.74) is 3.78. The van der Waals surface area contributed by atoms with Gasteiger partial charge in [-0.25, -0.2) is 18.7 Å². The molecule has 0 radical (unpaired) electrons. The number of benzene rings is 2. The van der Waals surface area contributed by atoms with Gasteiger partial charge in [-0.3, -0.25) is 9.47 Å². The van der Waals surface area contributed by atoms with E-state index in [2.05, 4.69) is 9.97 Å². The Balaban J connectivity index is 1.54. The van der Waals surface area contributed by atoms with Gasteiger partial charge in [-0.2, -0.15) is 4.98 Å². The number of aryl methyl sites for hydroxylation is 1. The summed E-state index contributed by atoms with van der Waals surface area (Å²) in [6, 6.07) is 15.7. The van der Waals surface area contributed by atoms with Crippen LogP contribution in [0.15, 0.2) is 70.0 Å². The van der Waals surface area contributed by atoms with Crippen LogP contribution in [-0.2, 0) is 6.54 Å². The average molecular weight is 403 g/mol. The van der Waals surface area contributed by atoms with Crippen LogP contribution in [0, 0.1) is 5.82 Å². The van der Waals surface area contributed by atoms with Crippen LogP contribution in [0.5, 0.6) is 0 Å². The molecule has 150 valence electrons. The van der Waals surface area contributed by atoms with Crippen molar-refractivity contribution in [2.75, 3.05) is 11.9 Å². The van der Waals surface area contributed by atoms with E-state index >= 15 is 0 Å². The lowest BCUT2D eigenvalue weighted by Crippen LogP contribution is -2.22. The Hall–Kier alpha value is -3.94. The molecule has 5 aromatic rings. The molecule has 7 nitrogen and oxygen atoms in total. The number of hydrogen-bond acceptors (Lipinski definition) is 5. The van der Waals surface area contributed by atoms with Gasteiger partial charge >= 0.3 is 11.7 Å². The van der Waals surface area contributed by atoms with Crippen molar-refractivity contribution in [2.24, 2.45) is 0 Å². The van der Waals surface area contributed by atoms with Gasteiger partial charge in [0.15, 0.2) is 11.2 Å². The molecule has 0 N–H and O–H groups in total. The van der Waals surface area contributed by atoms with Crippen molar-refractivity contribution in [3.8, 4) is 5.69 Å². The topological polar surface area (TPSA) is 69.1 Å². The van der Waals surface area contributed by atoms with Crippen molar-refractivity contribution in [3.63, 3.8) is 0 Å². The van der Waals surface area contributed by atoms with Crippen molar-refractivity contribution in [3.05, 3.63) is 77.1 Å². The van der Waals surface area contributed by atoms with E-state index in [1.807, 2.05) is 50.4 Å². The van der Waals surface area contributed by atoms with Crippen LogP contribution >= 0.6 is 0 Å². The third kappa shape index (κ3) is 2.76. The summed E-state index contributed by atoms with van der Waals surface area (Å²) in [7, 11) is 1.81. The van der Waals surface area contributed by atoms with E-state index in [9.17, 15) is 9.18 Å². The van der Waals surface area contributed by atoms with Crippen LogP contribution in [0.1, 0.15) is 6.92 Å². The highest BCUT2D eigenvalue weighted by Gasteiger charge is 2.16. The molecule has 0 amide bonds. The van der Waals surface area contributed by atoms with Gasteiger partial charge in [-0.15, -0.1) is 0 Å². The summed E-state index contributed by atoms with van der Waals surface area (Å²) < 4.78 is 22.4. The summed E-state index contributed by atoms with van der Waals surface area (Å²) in [4.78, 5) is 23.5. The number of anilines is 2. The van der Waals surface area contributed by atoms with E-state index in [4.69, 9.17) is 4.42 Å². The fourth-order valence-corrected chi connectivity index (χ4v) is 3.59. The molecule has 0 aliphatic rings. The van der Waals surface area contributed by atoms with E-state index in [0.29, 0.717) is 35.0 Å². The van der Waals surface area contributed by atoms with Gasteiger partial charge in [-0.05, 0) is 55.5 Å². The van der Waals surface area contributed by atoms with E-state index in [1.165, 1.54) is 12.1 Å². The normalized spacial score (nSPS) is 11.4. The second-order valence-corrected chi connectivity index (χ2v) is 6.89. The molecule has 8 heteroatoms. The summed E-state index contributed by atoms with van der Waals surface area (Å²) in [5, 5.41) is 0. The smallest absolute Gasteiger partial charge is 0.334 e.